The molecule has 3 heterocycles. The summed E-state index contributed by atoms with van der Waals surface area (Å²) >= 11 is 0. The van der Waals surface area contributed by atoms with Gasteiger partial charge in [0.1, 0.15) is 17.1 Å². The number of nitrogens with two attached hydrogens (primary N) is 1. The van der Waals surface area contributed by atoms with Crippen molar-refractivity contribution in [3.8, 4) is 0 Å². The number of nitrogens with one attached hydrogen (secondary N) is 2. The Bertz CT molecular complexity index is 964. The predicted molar refractivity (Wildman–Crippen MR) is 129 cm³/mol. The molecule has 1 aromatic carbocycles. The van der Waals surface area contributed by atoms with Gasteiger partial charge in [0.2, 0.25) is 5.95 Å². The molecule has 1 amide bonds. The van der Waals surface area contributed by atoms with Crippen LogP contribution in [0.25, 0.3) is 0 Å². The summed E-state index contributed by atoms with van der Waals surface area (Å²) in [5.74, 6) is 0.183. The number of primary amides is 1. The highest BCUT2D eigenvalue weighted by Crippen LogP contribution is 2.25. The number of piperidine rings is 1. The number of likely N-dealkylation sites (tertiary alicyclic amines) is 1. The molecule has 5 N–H and O–H groups in total. The van der Waals surface area contributed by atoms with E-state index in [0.29, 0.717) is 11.8 Å². The van der Waals surface area contributed by atoms with E-state index in [1.807, 2.05) is 24.3 Å². The summed E-state index contributed by atoms with van der Waals surface area (Å²) in [7, 11) is 0. The van der Waals surface area contributed by atoms with Crippen molar-refractivity contribution in [2.45, 2.75) is 51.2 Å². The highest BCUT2D eigenvalue weighted by Gasteiger charge is 2.22. The van der Waals surface area contributed by atoms with Crippen LogP contribution in [0, 0.1) is 5.41 Å². The Morgan fingerprint density at radius 1 is 1.09 bits per heavy atom. The summed E-state index contributed by atoms with van der Waals surface area (Å²) in [5, 5.41) is 20.7. The smallest absolute Gasteiger partial charge is 0.254 e. The predicted octanol–water partition coefficient (Wildman–Crippen LogP) is 2.65. The third kappa shape index (κ3) is 5.85. The molecule has 0 bridgehead atoms. The fourth-order valence-corrected chi connectivity index (χ4v) is 4.48. The van der Waals surface area contributed by atoms with Crippen LogP contribution in [-0.4, -0.2) is 64.4 Å². The zero-order valence-corrected chi connectivity index (χ0v) is 19.0. The van der Waals surface area contributed by atoms with Crippen molar-refractivity contribution in [2.75, 3.05) is 36.4 Å². The second-order valence-electron chi connectivity index (χ2n) is 8.87. The van der Waals surface area contributed by atoms with Crippen LogP contribution in [0.4, 0.5) is 17.5 Å². The molecule has 176 valence electrons. The van der Waals surface area contributed by atoms with Gasteiger partial charge in [-0.2, -0.15) is 4.98 Å². The van der Waals surface area contributed by atoms with Crippen LogP contribution in [0.15, 0.2) is 24.3 Å². The molecule has 4 rings (SSSR count). The molecule has 2 fully saturated rings. The van der Waals surface area contributed by atoms with Gasteiger partial charge in [0.05, 0.1) is 6.10 Å². The van der Waals surface area contributed by atoms with E-state index in [9.17, 15) is 9.90 Å². The molecular formula is C24H33N7O2. The second-order valence-corrected chi connectivity index (χ2v) is 8.87. The van der Waals surface area contributed by atoms with Gasteiger partial charge in [0.25, 0.3) is 5.91 Å². The molecular weight excluding hydrogens is 418 g/mol. The van der Waals surface area contributed by atoms with Crippen molar-refractivity contribution in [3.63, 3.8) is 0 Å². The third-order valence-corrected chi connectivity index (χ3v) is 6.38. The molecule has 1 aromatic heterocycles. The van der Waals surface area contributed by atoms with E-state index >= 15 is 0 Å². The summed E-state index contributed by atoms with van der Waals surface area (Å²) in [6.45, 7) is 4.35. The quantitative estimate of drug-likeness (QED) is 0.476. The number of aromatic nitrogens is 2. The first kappa shape index (κ1) is 23.1. The number of rotatable bonds is 7. The van der Waals surface area contributed by atoms with E-state index < -0.39 is 5.91 Å². The number of aliphatic hydroxyl groups excluding tert-OH is 1. The monoisotopic (exact) mass is 451 g/mol. The summed E-state index contributed by atoms with van der Waals surface area (Å²) in [5.41, 5.74) is 7.95. The molecule has 2 aliphatic heterocycles. The maximum Gasteiger partial charge on any atom is 0.254 e. The van der Waals surface area contributed by atoms with Crippen LogP contribution in [-0.2, 0) is 6.54 Å². The van der Waals surface area contributed by atoms with E-state index in [4.69, 9.17) is 11.1 Å². The average Bonchev–Trinajstić information content (AvgIpc) is 3.11. The molecule has 0 atom stereocenters. The van der Waals surface area contributed by atoms with Gasteiger partial charge in [-0.3, -0.25) is 9.69 Å². The molecule has 33 heavy (non-hydrogen) atoms. The second kappa shape index (κ2) is 10.7. The Morgan fingerprint density at radius 3 is 2.36 bits per heavy atom. The molecule has 0 unspecified atom stereocenters. The van der Waals surface area contributed by atoms with Crippen LogP contribution in [0.1, 0.15) is 60.1 Å². The van der Waals surface area contributed by atoms with E-state index in [-0.39, 0.29) is 17.4 Å². The lowest BCUT2D eigenvalue weighted by Crippen LogP contribution is -2.35. The van der Waals surface area contributed by atoms with Crippen molar-refractivity contribution < 1.29 is 9.90 Å². The number of anilines is 3. The van der Waals surface area contributed by atoms with Gasteiger partial charge in [-0.1, -0.05) is 25.0 Å². The first-order valence-corrected chi connectivity index (χ1v) is 11.8. The van der Waals surface area contributed by atoms with Crippen LogP contribution < -0.4 is 16.0 Å². The summed E-state index contributed by atoms with van der Waals surface area (Å²) in [6.07, 6.45) is 7.03. The minimum Gasteiger partial charge on any atom is -0.393 e. The van der Waals surface area contributed by atoms with Gasteiger partial charge in [-0.15, -0.1) is 0 Å². The van der Waals surface area contributed by atoms with E-state index in [2.05, 4.69) is 25.1 Å². The molecule has 2 aliphatic rings. The molecule has 0 spiro atoms. The fourth-order valence-electron chi connectivity index (χ4n) is 4.48. The summed E-state index contributed by atoms with van der Waals surface area (Å²) < 4.78 is 0. The number of aliphatic hydroxyl groups is 1. The lowest BCUT2D eigenvalue weighted by molar-refractivity contribution is 0.0792. The Kier molecular flexibility index (Phi) is 7.51. The largest absolute Gasteiger partial charge is 0.393 e. The van der Waals surface area contributed by atoms with Gasteiger partial charge < -0.3 is 26.5 Å². The van der Waals surface area contributed by atoms with E-state index in [1.165, 1.54) is 18.4 Å². The minimum absolute atomic E-state index is 0.125. The van der Waals surface area contributed by atoms with Crippen molar-refractivity contribution in [1.29, 1.82) is 5.41 Å². The minimum atomic E-state index is -0.665. The topological polar surface area (TPSA) is 131 Å². The standard InChI is InChI=1S/C24H33N7O2/c25-15-20-21(22(26)33)23(29-24(28-20)31-11-3-1-2-4-12-31)27-18-7-5-17(6-8-18)16-30-13-9-19(32)10-14-30/h5-8,15,19,25,32H,1-4,9-14,16H2,(H2,26,33)(H,27,28,29). The number of amides is 1. The summed E-state index contributed by atoms with van der Waals surface area (Å²) in [4.78, 5) is 25.8. The van der Waals surface area contributed by atoms with E-state index in [1.54, 1.807) is 0 Å². The number of nitrogens with zero attached hydrogens (tertiary/aromatic N) is 4. The highest BCUT2D eigenvalue weighted by atomic mass is 16.3. The molecule has 0 radical (unpaired) electrons. The Morgan fingerprint density at radius 2 is 1.76 bits per heavy atom. The van der Waals surface area contributed by atoms with Gasteiger partial charge in [0, 0.05) is 44.6 Å². The zero-order chi connectivity index (χ0) is 23.2. The molecule has 2 aromatic rings. The van der Waals surface area contributed by atoms with Crippen molar-refractivity contribution in [2.24, 2.45) is 5.73 Å². The Balaban J connectivity index is 1.54. The van der Waals surface area contributed by atoms with Crippen LogP contribution in [0.2, 0.25) is 0 Å². The average molecular weight is 452 g/mol. The SMILES string of the molecule is N=Cc1nc(N2CCCCCC2)nc(Nc2ccc(CN3CCC(O)CC3)cc2)c1C(N)=O. The van der Waals surface area contributed by atoms with Crippen molar-refractivity contribution in [3.05, 3.63) is 41.1 Å². The highest BCUT2D eigenvalue weighted by molar-refractivity contribution is 6.04. The van der Waals surface area contributed by atoms with Crippen LogP contribution in [0.3, 0.4) is 0 Å². The number of hydrogen-bond acceptors (Lipinski definition) is 8. The fraction of sp³-hybridized carbons (Fsp3) is 0.500. The van der Waals surface area contributed by atoms with Crippen LogP contribution in [0.5, 0.6) is 0 Å². The van der Waals surface area contributed by atoms with Crippen LogP contribution >= 0.6 is 0 Å². The number of carbonyl (C=O) groups excluding carboxylic acids is 1. The molecule has 0 saturated carbocycles. The first-order chi connectivity index (χ1) is 16.0. The van der Waals surface area contributed by atoms with E-state index in [0.717, 1.165) is 70.3 Å². The van der Waals surface area contributed by atoms with Gasteiger partial charge in [-0.05, 0) is 43.4 Å². The third-order valence-electron chi connectivity index (χ3n) is 6.38. The summed E-state index contributed by atoms with van der Waals surface area (Å²) in [6, 6.07) is 8.00. The molecule has 0 aliphatic carbocycles. The number of benzene rings is 1. The number of hydrogen-bond donors (Lipinski definition) is 4. The van der Waals surface area contributed by atoms with Crippen molar-refractivity contribution >= 4 is 29.6 Å². The Labute approximate surface area is 194 Å². The van der Waals surface area contributed by atoms with Gasteiger partial charge in [0.15, 0.2) is 0 Å². The lowest BCUT2D eigenvalue weighted by atomic mass is 10.1. The molecule has 2 saturated heterocycles. The van der Waals surface area contributed by atoms with Gasteiger partial charge >= 0.3 is 0 Å². The number of carbonyl (C=O) groups is 1. The first-order valence-electron chi connectivity index (χ1n) is 11.8. The molecule has 9 heteroatoms. The normalized spacial score (nSPS) is 18.0. The zero-order valence-electron chi connectivity index (χ0n) is 19.0. The lowest BCUT2D eigenvalue weighted by Gasteiger charge is -2.29. The molecule has 9 nitrogen and oxygen atoms in total. The Hall–Kier alpha value is -3.04. The maximum atomic E-state index is 12.2. The van der Waals surface area contributed by atoms with Gasteiger partial charge in [-0.25, -0.2) is 4.98 Å². The van der Waals surface area contributed by atoms with Crippen molar-refractivity contribution in [1.82, 2.24) is 14.9 Å². The maximum absolute atomic E-state index is 12.2.